The van der Waals surface area contributed by atoms with Gasteiger partial charge in [0.2, 0.25) is 11.8 Å². The summed E-state index contributed by atoms with van der Waals surface area (Å²) in [5, 5.41) is 0. The van der Waals surface area contributed by atoms with E-state index in [-0.39, 0.29) is 23.8 Å². The van der Waals surface area contributed by atoms with E-state index in [4.69, 9.17) is 5.73 Å². The lowest BCUT2D eigenvalue weighted by Gasteiger charge is -2.36. The molecule has 0 radical (unpaired) electrons. The highest BCUT2D eigenvalue weighted by molar-refractivity contribution is 5.95. The van der Waals surface area contributed by atoms with Crippen LogP contribution in [0.5, 0.6) is 0 Å². The van der Waals surface area contributed by atoms with Crippen molar-refractivity contribution >= 4 is 17.4 Å². The van der Waals surface area contributed by atoms with Crippen LogP contribution < -0.4 is 5.73 Å². The Kier molecular flexibility index (Phi) is 4.78. The number of primary amides is 1. The van der Waals surface area contributed by atoms with Crippen molar-refractivity contribution in [1.29, 1.82) is 0 Å². The van der Waals surface area contributed by atoms with Crippen molar-refractivity contribution in [2.24, 2.45) is 11.7 Å². The second-order valence-electron chi connectivity index (χ2n) is 5.71. The zero-order valence-corrected chi connectivity index (χ0v) is 12.6. The molecular formula is C17H22N2O2. The minimum absolute atomic E-state index is 0.0465. The summed E-state index contributed by atoms with van der Waals surface area (Å²) in [4.78, 5) is 25.6. The van der Waals surface area contributed by atoms with E-state index in [9.17, 15) is 9.59 Å². The molecule has 1 aromatic carbocycles. The lowest BCUT2D eigenvalue weighted by atomic mass is 9.92. The Balaban J connectivity index is 2.13. The number of allylic oxidation sites excluding steroid dienone is 1. The number of piperidine rings is 1. The normalized spacial score (nSPS) is 23.0. The highest BCUT2D eigenvalue weighted by atomic mass is 16.2. The maximum atomic E-state index is 12.5. The molecule has 0 bridgehead atoms. The van der Waals surface area contributed by atoms with Crippen LogP contribution in [-0.2, 0) is 9.59 Å². The highest BCUT2D eigenvalue weighted by Gasteiger charge is 2.30. The molecule has 1 aliphatic rings. The average molecular weight is 286 g/mol. The van der Waals surface area contributed by atoms with E-state index in [2.05, 4.69) is 0 Å². The van der Waals surface area contributed by atoms with Gasteiger partial charge in [-0.2, -0.15) is 0 Å². The molecule has 0 aliphatic carbocycles. The number of likely N-dealkylation sites (tertiary alicyclic amines) is 1. The van der Waals surface area contributed by atoms with E-state index < -0.39 is 0 Å². The lowest BCUT2D eigenvalue weighted by molar-refractivity contribution is -0.133. The molecule has 4 nitrogen and oxygen atoms in total. The van der Waals surface area contributed by atoms with Gasteiger partial charge in [-0.05, 0) is 37.8 Å². The predicted molar refractivity (Wildman–Crippen MR) is 83.2 cm³/mol. The Labute approximate surface area is 125 Å². The van der Waals surface area contributed by atoms with Gasteiger partial charge in [0.05, 0.1) is 5.92 Å². The molecule has 0 saturated carbocycles. The van der Waals surface area contributed by atoms with E-state index in [1.807, 2.05) is 44.2 Å². The van der Waals surface area contributed by atoms with Crippen LogP contribution in [0.3, 0.4) is 0 Å². The Morgan fingerprint density at radius 2 is 1.90 bits per heavy atom. The fourth-order valence-corrected chi connectivity index (χ4v) is 2.70. The fraction of sp³-hybridized carbons (Fsp3) is 0.412. The zero-order valence-electron chi connectivity index (χ0n) is 12.6. The van der Waals surface area contributed by atoms with Gasteiger partial charge in [-0.1, -0.05) is 30.3 Å². The van der Waals surface area contributed by atoms with Crippen LogP contribution in [0.2, 0.25) is 0 Å². The van der Waals surface area contributed by atoms with Gasteiger partial charge in [-0.25, -0.2) is 0 Å². The number of benzene rings is 1. The van der Waals surface area contributed by atoms with Gasteiger partial charge in [-0.3, -0.25) is 9.59 Å². The van der Waals surface area contributed by atoms with Gasteiger partial charge >= 0.3 is 0 Å². The second-order valence-corrected chi connectivity index (χ2v) is 5.71. The monoisotopic (exact) mass is 286 g/mol. The van der Waals surface area contributed by atoms with Crippen molar-refractivity contribution in [3.05, 3.63) is 42.0 Å². The van der Waals surface area contributed by atoms with Gasteiger partial charge < -0.3 is 10.6 Å². The topological polar surface area (TPSA) is 63.4 Å². The number of carbonyl (C=O) groups excluding carboxylic acids is 2. The Morgan fingerprint density at radius 3 is 2.52 bits per heavy atom. The minimum atomic E-state index is -0.316. The summed E-state index contributed by atoms with van der Waals surface area (Å²) in [6.07, 6.45) is 3.23. The summed E-state index contributed by atoms with van der Waals surface area (Å²) in [7, 11) is 0. The molecule has 1 heterocycles. The van der Waals surface area contributed by atoms with E-state index >= 15 is 0 Å². The molecule has 21 heavy (non-hydrogen) atoms. The minimum Gasteiger partial charge on any atom is -0.369 e. The predicted octanol–water partition coefficient (Wildman–Crippen LogP) is 2.20. The number of carbonyl (C=O) groups is 2. The SMILES string of the molecule is C/C(=C/C(=O)N1C[C@H](C(N)=O)CC[C@@H]1C)c1ccccc1. The summed E-state index contributed by atoms with van der Waals surface area (Å²) in [5.41, 5.74) is 7.33. The first-order valence-electron chi connectivity index (χ1n) is 7.32. The summed E-state index contributed by atoms with van der Waals surface area (Å²) in [6.45, 7) is 4.36. The van der Waals surface area contributed by atoms with Gasteiger partial charge in [0, 0.05) is 18.7 Å². The fourth-order valence-electron chi connectivity index (χ4n) is 2.70. The molecule has 2 rings (SSSR count). The molecular weight excluding hydrogens is 264 g/mol. The van der Waals surface area contributed by atoms with Crippen molar-refractivity contribution in [2.45, 2.75) is 32.7 Å². The third-order valence-corrected chi connectivity index (χ3v) is 4.14. The van der Waals surface area contributed by atoms with E-state index in [1.54, 1.807) is 11.0 Å². The largest absolute Gasteiger partial charge is 0.369 e. The first kappa shape index (κ1) is 15.3. The molecule has 1 aliphatic heterocycles. The third kappa shape index (κ3) is 3.72. The van der Waals surface area contributed by atoms with Crippen LogP contribution in [0.4, 0.5) is 0 Å². The molecule has 1 fully saturated rings. The third-order valence-electron chi connectivity index (χ3n) is 4.14. The number of nitrogens with zero attached hydrogens (tertiary/aromatic N) is 1. The Morgan fingerprint density at radius 1 is 1.24 bits per heavy atom. The summed E-state index contributed by atoms with van der Waals surface area (Å²) < 4.78 is 0. The van der Waals surface area contributed by atoms with Crippen LogP contribution in [0, 0.1) is 5.92 Å². The maximum Gasteiger partial charge on any atom is 0.247 e. The summed E-state index contributed by atoms with van der Waals surface area (Å²) in [6, 6.07) is 9.94. The zero-order chi connectivity index (χ0) is 15.4. The van der Waals surface area contributed by atoms with Crippen molar-refractivity contribution < 1.29 is 9.59 Å². The smallest absolute Gasteiger partial charge is 0.247 e. The highest BCUT2D eigenvalue weighted by Crippen LogP contribution is 2.23. The van der Waals surface area contributed by atoms with Crippen molar-refractivity contribution in [3.63, 3.8) is 0 Å². The van der Waals surface area contributed by atoms with Crippen molar-refractivity contribution in [3.8, 4) is 0 Å². The van der Waals surface area contributed by atoms with E-state index in [0.29, 0.717) is 6.54 Å². The molecule has 0 spiro atoms. The Bertz CT molecular complexity index is 551. The van der Waals surface area contributed by atoms with Crippen LogP contribution >= 0.6 is 0 Å². The maximum absolute atomic E-state index is 12.5. The molecule has 0 unspecified atom stereocenters. The second kappa shape index (κ2) is 6.57. The van der Waals surface area contributed by atoms with E-state index in [1.165, 1.54) is 0 Å². The Hall–Kier alpha value is -2.10. The molecule has 2 N–H and O–H groups in total. The first-order chi connectivity index (χ1) is 9.99. The lowest BCUT2D eigenvalue weighted by Crippen LogP contribution is -2.48. The van der Waals surface area contributed by atoms with Gasteiger partial charge in [0.25, 0.3) is 0 Å². The summed E-state index contributed by atoms with van der Waals surface area (Å²) >= 11 is 0. The van der Waals surface area contributed by atoms with Gasteiger partial charge in [-0.15, -0.1) is 0 Å². The first-order valence-corrected chi connectivity index (χ1v) is 7.32. The number of amides is 2. The number of hydrogen-bond acceptors (Lipinski definition) is 2. The van der Waals surface area contributed by atoms with E-state index in [0.717, 1.165) is 24.0 Å². The summed E-state index contributed by atoms with van der Waals surface area (Å²) in [5.74, 6) is -0.589. The molecule has 0 aromatic heterocycles. The molecule has 1 aromatic rings. The molecule has 2 amide bonds. The number of rotatable bonds is 3. The standard InChI is InChI=1S/C17H22N2O2/c1-12(14-6-4-3-5-7-14)10-16(20)19-11-15(17(18)21)9-8-13(19)2/h3-7,10,13,15H,8-9,11H2,1-2H3,(H2,18,21)/b12-10-/t13-,15+/m0/s1. The van der Waals surface area contributed by atoms with Crippen LogP contribution in [-0.4, -0.2) is 29.3 Å². The molecule has 1 saturated heterocycles. The van der Waals surface area contributed by atoms with Crippen molar-refractivity contribution in [1.82, 2.24) is 4.90 Å². The van der Waals surface area contributed by atoms with Crippen LogP contribution in [0.1, 0.15) is 32.3 Å². The molecule has 4 heteroatoms. The van der Waals surface area contributed by atoms with Crippen molar-refractivity contribution in [2.75, 3.05) is 6.54 Å². The number of nitrogens with two attached hydrogens (primary N) is 1. The molecule has 2 atom stereocenters. The van der Waals surface area contributed by atoms with Gasteiger partial charge in [0.15, 0.2) is 0 Å². The van der Waals surface area contributed by atoms with Gasteiger partial charge in [0.1, 0.15) is 0 Å². The van der Waals surface area contributed by atoms with Crippen LogP contribution in [0.25, 0.3) is 5.57 Å². The van der Waals surface area contributed by atoms with Crippen LogP contribution in [0.15, 0.2) is 36.4 Å². The average Bonchev–Trinajstić information content (AvgIpc) is 2.48. The number of hydrogen-bond donors (Lipinski definition) is 1. The quantitative estimate of drug-likeness (QED) is 0.866. The molecule has 112 valence electrons.